The van der Waals surface area contributed by atoms with E-state index in [0.717, 1.165) is 6.26 Å². The molecule has 3 aromatic carbocycles. The number of hydrogen-bond acceptors (Lipinski definition) is 4. The quantitative estimate of drug-likeness (QED) is 0.428. The molecule has 0 aliphatic heterocycles. The second-order valence-electron chi connectivity index (χ2n) is 6.82. The normalized spacial score (nSPS) is 11.2. The van der Waals surface area contributed by atoms with E-state index < -0.39 is 10.0 Å². The van der Waals surface area contributed by atoms with Crippen LogP contribution in [0.5, 0.6) is 5.75 Å². The standard InChI is InChI=1S/C22H19Cl3N2O4S/c1-31-21-11-8-15(12-20(21)25)26-22(28)14-6-9-16(10-7-14)27(32(2,29)30)13-17-18(23)4-3-5-19(17)24/h3-12H,13H2,1-2H3,(H,26,28). The molecule has 0 saturated heterocycles. The van der Waals surface area contributed by atoms with Crippen LogP contribution in [-0.4, -0.2) is 27.7 Å². The van der Waals surface area contributed by atoms with Gasteiger partial charge in [0.1, 0.15) is 5.75 Å². The van der Waals surface area contributed by atoms with Crippen LogP contribution in [0.25, 0.3) is 0 Å². The van der Waals surface area contributed by atoms with E-state index in [1.807, 2.05) is 0 Å². The van der Waals surface area contributed by atoms with Crippen molar-refractivity contribution in [1.29, 1.82) is 0 Å². The Bertz CT molecular complexity index is 1230. The Morgan fingerprint density at radius 1 is 0.969 bits per heavy atom. The lowest BCUT2D eigenvalue weighted by Crippen LogP contribution is -2.29. The van der Waals surface area contributed by atoms with E-state index in [9.17, 15) is 13.2 Å². The van der Waals surface area contributed by atoms with Gasteiger partial charge in [-0.1, -0.05) is 40.9 Å². The van der Waals surface area contributed by atoms with Crippen molar-refractivity contribution in [3.05, 3.63) is 86.9 Å². The second-order valence-corrected chi connectivity index (χ2v) is 9.95. The van der Waals surface area contributed by atoms with Gasteiger partial charge in [0.05, 0.1) is 30.6 Å². The number of sulfonamides is 1. The lowest BCUT2D eigenvalue weighted by molar-refractivity contribution is 0.102. The van der Waals surface area contributed by atoms with Crippen LogP contribution in [0.4, 0.5) is 11.4 Å². The number of hydrogen-bond donors (Lipinski definition) is 1. The van der Waals surface area contributed by atoms with Crippen molar-refractivity contribution in [2.45, 2.75) is 6.54 Å². The topological polar surface area (TPSA) is 75.7 Å². The molecule has 0 spiro atoms. The summed E-state index contributed by atoms with van der Waals surface area (Å²) >= 11 is 18.5. The molecule has 0 aliphatic carbocycles. The lowest BCUT2D eigenvalue weighted by atomic mass is 10.1. The number of methoxy groups -OCH3 is 1. The number of rotatable bonds is 7. The Morgan fingerprint density at radius 3 is 2.12 bits per heavy atom. The number of amides is 1. The molecule has 3 aromatic rings. The Labute approximate surface area is 201 Å². The van der Waals surface area contributed by atoms with E-state index in [-0.39, 0.29) is 12.5 Å². The van der Waals surface area contributed by atoms with E-state index >= 15 is 0 Å². The molecule has 1 N–H and O–H groups in total. The number of carbonyl (C=O) groups excluding carboxylic acids is 1. The van der Waals surface area contributed by atoms with Crippen LogP contribution < -0.4 is 14.4 Å². The molecule has 0 aliphatic rings. The Morgan fingerprint density at radius 2 is 1.59 bits per heavy atom. The summed E-state index contributed by atoms with van der Waals surface area (Å²) in [6, 6.07) is 16.0. The zero-order valence-corrected chi connectivity index (χ0v) is 20.2. The van der Waals surface area contributed by atoms with E-state index in [0.29, 0.717) is 43.3 Å². The van der Waals surface area contributed by atoms with Gasteiger partial charge in [0, 0.05) is 26.9 Å². The molecular formula is C22H19Cl3N2O4S. The minimum absolute atomic E-state index is 0.0484. The Balaban J connectivity index is 1.83. The van der Waals surface area contributed by atoms with Crippen LogP contribution >= 0.6 is 34.8 Å². The van der Waals surface area contributed by atoms with Gasteiger partial charge in [0.15, 0.2) is 0 Å². The van der Waals surface area contributed by atoms with Crippen LogP contribution in [0.1, 0.15) is 15.9 Å². The number of nitrogens with one attached hydrogen (secondary N) is 1. The number of ether oxygens (including phenoxy) is 1. The van der Waals surface area contributed by atoms with Gasteiger partial charge >= 0.3 is 0 Å². The Kier molecular flexibility index (Phi) is 7.56. The van der Waals surface area contributed by atoms with Crippen molar-refractivity contribution in [2.75, 3.05) is 23.0 Å². The first kappa shape index (κ1) is 24.2. The third kappa shape index (κ3) is 5.66. The van der Waals surface area contributed by atoms with Crippen molar-refractivity contribution >= 4 is 62.1 Å². The van der Waals surface area contributed by atoms with Crippen molar-refractivity contribution in [3.63, 3.8) is 0 Å². The predicted octanol–water partition coefficient (Wildman–Crippen LogP) is 5.87. The molecule has 1 amide bonds. The average molecular weight is 514 g/mol. The first-order valence-electron chi connectivity index (χ1n) is 9.25. The van der Waals surface area contributed by atoms with Crippen molar-refractivity contribution in [1.82, 2.24) is 0 Å². The Hall–Kier alpha value is -2.45. The maximum absolute atomic E-state index is 12.6. The molecule has 0 saturated carbocycles. The zero-order valence-electron chi connectivity index (χ0n) is 17.1. The summed E-state index contributed by atoms with van der Waals surface area (Å²) in [7, 11) is -2.15. The monoisotopic (exact) mass is 512 g/mol. The molecule has 6 nitrogen and oxygen atoms in total. The van der Waals surface area contributed by atoms with E-state index in [2.05, 4.69) is 5.32 Å². The fraction of sp³-hybridized carbons (Fsp3) is 0.136. The summed E-state index contributed by atoms with van der Waals surface area (Å²) < 4.78 is 31.1. The minimum atomic E-state index is -3.65. The second kappa shape index (κ2) is 10.0. The summed E-state index contributed by atoms with van der Waals surface area (Å²) in [6.45, 7) is -0.0484. The van der Waals surface area contributed by atoms with Gasteiger partial charge in [-0.05, 0) is 54.6 Å². The van der Waals surface area contributed by atoms with Crippen molar-refractivity contribution < 1.29 is 17.9 Å². The van der Waals surface area contributed by atoms with Gasteiger partial charge in [-0.15, -0.1) is 0 Å². The zero-order chi connectivity index (χ0) is 23.5. The highest BCUT2D eigenvalue weighted by molar-refractivity contribution is 7.92. The number of anilines is 2. The first-order chi connectivity index (χ1) is 15.1. The number of nitrogens with zero attached hydrogens (tertiary/aromatic N) is 1. The van der Waals surface area contributed by atoms with Crippen LogP contribution in [0.3, 0.4) is 0 Å². The number of halogens is 3. The van der Waals surface area contributed by atoms with Crippen molar-refractivity contribution in [2.24, 2.45) is 0 Å². The average Bonchev–Trinajstić information content (AvgIpc) is 2.73. The van der Waals surface area contributed by atoms with E-state index in [1.165, 1.54) is 23.5 Å². The van der Waals surface area contributed by atoms with Crippen LogP contribution in [0, 0.1) is 0 Å². The summed E-state index contributed by atoms with van der Waals surface area (Å²) in [5.41, 5.74) is 1.69. The molecule has 0 heterocycles. The summed E-state index contributed by atoms with van der Waals surface area (Å²) in [5, 5.41) is 3.82. The van der Waals surface area contributed by atoms with Gasteiger partial charge in [0.2, 0.25) is 10.0 Å². The predicted molar refractivity (Wildman–Crippen MR) is 130 cm³/mol. The third-order valence-electron chi connectivity index (χ3n) is 4.59. The van der Waals surface area contributed by atoms with Crippen LogP contribution in [0.15, 0.2) is 60.7 Å². The third-order valence-corrected chi connectivity index (χ3v) is 6.74. The van der Waals surface area contributed by atoms with E-state index in [1.54, 1.807) is 48.5 Å². The SMILES string of the molecule is COc1ccc(NC(=O)c2ccc(N(Cc3c(Cl)cccc3Cl)S(C)(=O)=O)cc2)cc1Cl. The summed E-state index contributed by atoms with van der Waals surface area (Å²) in [4.78, 5) is 12.6. The summed E-state index contributed by atoms with van der Waals surface area (Å²) in [5.74, 6) is 0.117. The molecule has 0 bridgehead atoms. The minimum Gasteiger partial charge on any atom is -0.495 e. The van der Waals surface area contributed by atoms with E-state index in [4.69, 9.17) is 39.5 Å². The molecular weight excluding hydrogens is 495 g/mol. The first-order valence-corrected chi connectivity index (χ1v) is 12.2. The van der Waals surface area contributed by atoms with Gasteiger partial charge in [0.25, 0.3) is 5.91 Å². The molecule has 32 heavy (non-hydrogen) atoms. The number of benzene rings is 3. The van der Waals surface area contributed by atoms with Gasteiger partial charge in [-0.3, -0.25) is 9.10 Å². The smallest absolute Gasteiger partial charge is 0.255 e. The fourth-order valence-corrected chi connectivity index (χ4v) is 4.60. The molecule has 0 unspecified atom stereocenters. The lowest BCUT2D eigenvalue weighted by Gasteiger charge is -2.23. The molecule has 0 radical (unpaired) electrons. The molecule has 168 valence electrons. The molecule has 0 fully saturated rings. The fourth-order valence-electron chi connectivity index (χ4n) is 2.95. The highest BCUT2D eigenvalue weighted by atomic mass is 35.5. The molecule has 0 atom stereocenters. The van der Waals surface area contributed by atoms with Gasteiger partial charge < -0.3 is 10.1 Å². The molecule has 0 aromatic heterocycles. The molecule has 10 heteroatoms. The van der Waals surface area contributed by atoms with Crippen LogP contribution in [0.2, 0.25) is 15.1 Å². The largest absolute Gasteiger partial charge is 0.495 e. The van der Waals surface area contributed by atoms with Crippen molar-refractivity contribution in [3.8, 4) is 5.75 Å². The van der Waals surface area contributed by atoms with Crippen LogP contribution in [-0.2, 0) is 16.6 Å². The highest BCUT2D eigenvalue weighted by Crippen LogP contribution is 2.30. The maximum Gasteiger partial charge on any atom is 0.255 e. The number of carbonyl (C=O) groups is 1. The van der Waals surface area contributed by atoms with Gasteiger partial charge in [-0.2, -0.15) is 0 Å². The highest BCUT2D eigenvalue weighted by Gasteiger charge is 2.21. The maximum atomic E-state index is 12.6. The van der Waals surface area contributed by atoms with Gasteiger partial charge in [-0.25, -0.2) is 8.42 Å². The summed E-state index contributed by atoms with van der Waals surface area (Å²) in [6.07, 6.45) is 1.09. The molecule has 3 rings (SSSR count).